The highest BCUT2D eigenvalue weighted by Crippen LogP contribution is 2.30. The molecule has 2 aliphatic heterocycles. The molecule has 162 valence electrons. The first-order chi connectivity index (χ1) is 15.2. The van der Waals surface area contributed by atoms with Crippen LogP contribution in [0, 0.1) is 16.0 Å². The number of aromatic amines is 1. The van der Waals surface area contributed by atoms with Crippen LogP contribution >= 0.6 is 0 Å². The largest absolute Gasteiger partial charge is 0.354 e. The van der Waals surface area contributed by atoms with Crippen LogP contribution in [0.4, 0.5) is 11.5 Å². The molecule has 0 amide bonds. The smallest absolute Gasteiger partial charge is 0.270 e. The second-order valence-electron chi connectivity index (χ2n) is 8.44. The first-order valence-corrected chi connectivity index (χ1v) is 10.9. The van der Waals surface area contributed by atoms with Gasteiger partial charge < -0.3 is 10.2 Å². The van der Waals surface area contributed by atoms with Crippen molar-refractivity contribution in [3.63, 3.8) is 0 Å². The Labute approximate surface area is 180 Å². The van der Waals surface area contributed by atoms with Gasteiger partial charge in [0.05, 0.1) is 10.4 Å². The molecule has 3 aromatic rings. The lowest BCUT2D eigenvalue weighted by Gasteiger charge is -2.37. The van der Waals surface area contributed by atoms with Crippen molar-refractivity contribution in [2.75, 3.05) is 50.7 Å². The predicted molar refractivity (Wildman–Crippen MR) is 120 cm³/mol. The molecule has 2 saturated heterocycles. The number of non-ortho nitro benzene ring substituents is 1. The summed E-state index contributed by atoms with van der Waals surface area (Å²) in [6, 6.07) is 8.72. The molecule has 0 unspecified atom stereocenters. The van der Waals surface area contributed by atoms with Crippen molar-refractivity contribution in [3.8, 4) is 11.3 Å². The summed E-state index contributed by atoms with van der Waals surface area (Å²) in [5.74, 6) is 1.74. The number of hydrogen-bond acceptors (Lipinski definition) is 7. The zero-order chi connectivity index (χ0) is 21.2. The van der Waals surface area contributed by atoms with Crippen molar-refractivity contribution < 1.29 is 4.92 Å². The molecule has 2 fully saturated rings. The number of fused-ring (bicyclic) bond motifs is 1. The Bertz CT molecular complexity index is 1070. The Hall–Kier alpha value is -3.04. The van der Waals surface area contributed by atoms with Crippen LogP contribution in [0.5, 0.6) is 0 Å². The summed E-state index contributed by atoms with van der Waals surface area (Å²) in [4.78, 5) is 20.3. The number of piperazine rings is 1. The summed E-state index contributed by atoms with van der Waals surface area (Å²) in [6.45, 7) is 7.49. The number of H-pyrrole nitrogens is 1. The molecular weight excluding hydrogens is 394 g/mol. The predicted octanol–water partition coefficient (Wildman–Crippen LogP) is 2.65. The minimum absolute atomic E-state index is 0.0642. The summed E-state index contributed by atoms with van der Waals surface area (Å²) < 4.78 is 0. The van der Waals surface area contributed by atoms with Gasteiger partial charge in [-0.25, -0.2) is 4.98 Å². The van der Waals surface area contributed by atoms with E-state index >= 15 is 0 Å². The molecule has 0 atom stereocenters. The summed E-state index contributed by atoms with van der Waals surface area (Å²) in [7, 11) is 0. The van der Waals surface area contributed by atoms with Crippen molar-refractivity contribution in [3.05, 3.63) is 46.6 Å². The highest BCUT2D eigenvalue weighted by Gasteiger charge is 2.22. The molecule has 2 aromatic heterocycles. The van der Waals surface area contributed by atoms with E-state index < -0.39 is 0 Å². The van der Waals surface area contributed by atoms with Crippen molar-refractivity contribution >= 4 is 22.4 Å². The van der Waals surface area contributed by atoms with E-state index in [-0.39, 0.29) is 10.6 Å². The number of aromatic nitrogens is 3. The second-order valence-corrected chi connectivity index (χ2v) is 8.44. The highest BCUT2D eigenvalue weighted by molar-refractivity contribution is 5.94. The van der Waals surface area contributed by atoms with Crippen LogP contribution in [0.25, 0.3) is 22.2 Å². The molecule has 2 N–H and O–H groups in total. The van der Waals surface area contributed by atoms with Gasteiger partial charge in [0, 0.05) is 62.0 Å². The monoisotopic (exact) mass is 421 g/mol. The average Bonchev–Trinajstić information content (AvgIpc) is 3.24. The summed E-state index contributed by atoms with van der Waals surface area (Å²) >= 11 is 0. The SMILES string of the molecule is O=[N+]([O-])c1ccc2[nH]nc(-c3ccnc(N4CCN(CC5CCNCC5)CC4)c3)c2c1. The number of nitro groups is 1. The molecular formula is C22H27N7O2. The van der Waals surface area contributed by atoms with Gasteiger partial charge in [0.25, 0.3) is 5.69 Å². The van der Waals surface area contributed by atoms with Gasteiger partial charge in [-0.1, -0.05) is 0 Å². The summed E-state index contributed by atoms with van der Waals surface area (Å²) in [6.07, 6.45) is 4.35. The zero-order valence-electron chi connectivity index (χ0n) is 17.5. The quantitative estimate of drug-likeness (QED) is 0.482. The van der Waals surface area contributed by atoms with Crippen LogP contribution in [-0.4, -0.2) is 70.8 Å². The normalized spacial score (nSPS) is 18.5. The van der Waals surface area contributed by atoms with Gasteiger partial charge in [-0.3, -0.25) is 20.1 Å². The van der Waals surface area contributed by atoms with Gasteiger partial charge >= 0.3 is 0 Å². The van der Waals surface area contributed by atoms with Gasteiger partial charge in [0.2, 0.25) is 0 Å². The van der Waals surface area contributed by atoms with Crippen molar-refractivity contribution in [1.82, 2.24) is 25.4 Å². The fraction of sp³-hybridized carbons (Fsp3) is 0.455. The minimum Gasteiger partial charge on any atom is -0.354 e. The van der Waals surface area contributed by atoms with Crippen molar-refractivity contribution in [1.29, 1.82) is 0 Å². The third-order valence-corrected chi connectivity index (χ3v) is 6.45. The Kier molecular flexibility index (Phi) is 5.52. The number of hydrogen-bond donors (Lipinski definition) is 2. The third kappa shape index (κ3) is 4.24. The van der Waals surface area contributed by atoms with E-state index in [2.05, 4.69) is 30.3 Å². The van der Waals surface area contributed by atoms with Gasteiger partial charge in [0.15, 0.2) is 0 Å². The lowest BCUT2D eigenvalue weighted by molar-refractivity contribution is -0.384. The van der Waals surface area contributed by atoms with Crippen LogP contribution in [0.3, 0.4) is 0 Å². The first-order valence-electron chi connectivity index (χ1n) is 10.9. The van der Waals surface area contributed by atoms with Gasteiger partial charge in [-0.2, -0.15) is 5.10 Å². The molecule has 5 rings (SSSR count). The van der Waals surface area contributed by atoms with Gasteiger partial charge in [-0.05, 0) is 50.0 Å². The van der Waals surface area contributed by atoms with Crippen LogP contribution in [0.1, 0.15) is 12.8 Å². The molecule has 0 spiro atoms. The van der Waals surface area contributed by atoms with Crippen molar-refractivity contribution in [2.45, 2.75) is 12.8 Å². The zero-order valence-corrected chi connectivity index (χ0v) is 17.5. The molecule has 1 aromatic carbocycles. The lowest BCUT2D eigenvalue weighted by atomic mass is 9.97. The van der Waals surface area contributed by atoms with E-state index in [1.54, 1.807) is 18.3 Å². The van der Waals surface area contributed by atoms with E-state index in [1.807, 2.05) is 12.1 Å². The van der Waals surface area contributed by atoms with E-state index in [9.17, 15) is 10.1 Å². The van der Waals surface area contributed by atoms with E-state index in [4.69, 9.17) is 0 Å². The van der Waals surface area contributed by atoms with E-state index in [0.717, 1.165) is 67.5 Å². The molecule has 0 radical (unpaired) electrons. The number of nitrogens with zero attached hydrogens (tertiary/aromatic N) is 5. The molecule has 4 heterocycles. The maximum Gasteiger partial charge on any atom is 0.270 e. The standard InChI is InChI=1S/C22H27N7O2/c30-29(31)18-1-2-20-19(14-18)22(26-25-20)17-5-8-24-21(13-17)28-11-9-27(10-12-28)15-16-3-6-23-7-4-16/h1-2,5,8,13-14,16,23H,3-4,6-7,9-12,15H2,(H,25,26). The number of piperidine rings is 1. The summed E-state index contributed by atoms with van der Waals surface area (Å²) in [5.41, 5.74) is 2.47. The third-order valence-electron chi connectivity index (χ3n) is 6.45. The molecule has 0 aliphatic carbocycles. The Morgan fingerprint density at radius 3 is 2.68 bits per heavy atom. The fourth-order valence-corrected chi connectivity index (χ4v) is 4.66. The first kappa shape index (κ1) is 19.9. The highest BCUT2D eigenvalue weighted by atomic mass is 16.6. The lowest BCUT2D eigenvalue weighted by Crippen LogP contribution is -2.48. The maximum absolute atomic E-state index is 11.2. The molecule has 2 aliphatic rings. The number of benzene rings is 1. The maximum atomic E-state index is 11.2. The van der Waals surface area contributed by atoms with Crippen molar-refractivity contribution in [2.24, 2.45) is 5.92 Å². The second kappa shape index (κ2) is 8.60. The average molecular weight is 422 g/mol. The number of pyridine rings is 1. The number of anilines is 1. The Balaban J connectivity index is 1.30. The number of rotatable bonds is 5. The van der Waals surface area contributed by atoms with Gasteiger partial charge in [-0.15, -0.1) is 0 Å². The molecule has 0 saturated carbocycles. The molecule has 0 bridgehead atoms. The minimum atomic E-state index is -0.377. The Morgan fingerprint density at radius 1 is 1.10 bits per heavy atom. The summed E-state index contributed by atoms with van der Waals surface area (Å²) in [5, 5.41) is 22.8. The van der Waals surface area contributed by atoms with E-state index in [0.29, 0.717) is 5.69 Å². The van der Waals surface area contributed by atoms with E-state index in [1.165, 1.54) is 25.5 Å². The number of nitrogens with one attached hydrogen (secondary N) is 2. The van der Waals surface area contributed by atoms with Crippen LogP contribution in [0.2, 0.25) is 0 Å². The fourth-order valence-electron chi connectivity index (χ4n) is 4.66. The molecule has 31 heavy (non-hydrogen) atoms. The topological polar surface area (TPSA) is 103 Å². The molecule has 9 nitrogen and oxygen atoms in total. The van der Waals surface area contributed by atoms with Crippen LogP contribution in [0.15, 0.2) is 36.5 Å². The van der Waals surface area contributed by atoms with Gasteiger partial charge in [0.1, 0.15) is 11.5 Å². The Morgan fingerprint density at radius 2 is 1.90 bits per heavy atom. The van der Waals surface area contributed by atoms with Crippen LogP contribution < -0.4 is 10.2 Å². The number of nitro benzene ring substituents is 1. The van der Waals surface area contributed by atoms with Crippen LogP contribution in [-0.2, 0) is 0 Å². The molecule has 9 heteroatoms.